The van der Waals surface area contributed by atoms with Gasteiger partial charge in [-0.3, -0.25) is 4.79 Å². The standard InChI is InChI=1S/C19H17F3N2O4/c1-11(18(26)27)24(14-5-6-14)17(25)12-2-7-15(8-3-12)28-16-9-4-13(10-23-16)19(20,21)22/h2-4,7-11,14H,5-6H2,1H3,(H,26,27). The lowest BCUT2D eigenvalue weighted by molar-refractivity contribution is -0.142. The number of rotatable bonds is 6. The topological polar surface area (TPSA) is 79.7 Å². The van der Waals surface area contributed by atoms with Gasteiger partial charge in [0.1, 0.15) is 11.8 Å². The highest BCUT2D eigenvalue weighted by atomic mass is 19.4. The molecule has 0 spiro atoms. The van der Waals surface area contributed by atoms with Crippen molar-refractivity contribution < 1.29 is 32.6 Å². The van der Waals surface area contributed by atoms with Gasteiger partial charge in [0.25, 0.3) is 5.91 Å². The van der Waals surface area contributed by atoms with E-state index < -0.39 is 29.7 Å². The van der Waals surface area contributed by atoms with Crippen LogP contribution in [0.15, 0.2) is 42.6 Å². The average Bonchev–Trinajstić information content (AvgIpc) is 3.47. The number of carbonyl (C=O) groups excluding carboxylic acids is 1. The van der Waals surface area contributed by atoms with E-state index in [4.69, 9.17) is 4.74 Å². The number of alkyl halides is 3. The first-order chi connectivity index (χ1) is 13.2. The molecule has 0 bridgehead atoms. The Morgan fingerprint density at radius 2 is 1.82 bits per heavy atom. The molecule has 1 heterocycles. The number of aromatic nitrogens is 1. The highest BCUT2D eigenvalue weighted by molar-refractivity contribution is 5.97. The minimum Gasteiger partial charge on any atom is -0.480 e. The number of carboxylic acids is 1. The van der Waals surface area contributed by atoms with Crippen molar-refractivity contribution in [1.82, 2.24) is 9.88 Å². The number of halogens is 3. The van der Waals surface area contributed by atoms with Crippen LogP contribution in [-0.4, -0.2) is 39.0 Å². The fourth-order valence-corrected chi connectivity index (χ4v) is 2.67. The molecule has 1 saturated carbocycles. The van der Waals surface area contributed by atoms with Crippen molar-refractivity contribution in [3.05, 3.63) is 53.7 Å². The van der Waals surface area contributed by atoms with Crippen molar-refractivity contribution in [3.63, 3.8) is 0 Å². The first kappa shape index (κ1) is 19.7. The molecule has 0 radical (unpaired) electrons. The van der Waals surface area contributed by atoms with Crippen LogP contribution in [-0.2, 0) is 11.0 Å². The summed E-state index contributed by atoms with van der Waals surface area (Å²) in [4.78, 5) is 28.9. The van der Waals surface area contributed by atoms with Crippen LogP contribution in [0.4, 0.5) is 13.2 Å². The number of carbonyl (C=O) groups is 2. The van der Waals surface area contributed by atoms with Crippen LogP contribution >= 0.6 is 0 Å². The summed E-state index contributed by atoms with van der Waals surface area (Å²) in [6, 6.07) is 6.86. The van der Waals surface area contributed by atoms with E-state index in [2.05, 4.69) is 4.98 Å². The van der Waals surface area contributed by atoms with Crippen molar-refractivity contribution in [3.8, 4) is 11.6 Å². The minimum absolute atomic E-state index is 0.0221. The van der Waals surface area contributed by atoms with Gasteiger partial charge in [-0.15, -0.1) is 0 Å². The van der Waals surface area contributed by atoms with Gasteiger partial charge in [0.15, 0.2) is 0 Å². The van der Waals surface area contributed by atoms with E-state index in [9.17, 15) is 27.9 Å². The van der Waals surface area contributed by atoms with E-state index in [0.29, 0.717) is 11.8 Å². The predicted octanol–water partition coefficient (Wildman–Crippen LogP) is 3.97. The summed E-state index contributed by atoms with van der Waals surface area (Å²) in [5, 5.41) is 9.21. The molecule has 3 rings (SSSR count). The lowest BCUT2D eigenvalue weighted by Gasteiger charge is -2.26. The first-order valence-corrected chi connectivity index (χ1v) is 8.53. The molecular formula is C19H17F3N2O4. The van der Waals surface area contributed by atoms with Crippen LogP contribution < -0.4 is 4.74 Å². The van der Waals surface area contributed by atoms with Crippen LogP contribution in [0, 0.1) is 0 Å². The Balaban J connectivity index is 1.70. The normalized spacial score (nSPS) is 15.0. The van der Waals surface area contributed by atoms with Gasteiger partial charge in [0.2, 0.25) is 5.88 Å². The molecule has 9 heteroatoms. The van der Waals surface area contributed by atoms with Gasteiger partial charge in [-0.2, -0.15) is 13.2 Å². The maximum absolute atomic E-state index is 12.7. The largest absolute Gasteiger partial charge is 0.480 e. The molecule has 1 aromatic heterocycles. The Kier molecular flexibility index (Phi) is 5.26. The number of amides is 1. The first-order valence-electron chi connectivity index (χ1n) is 8.53. The van der Waals surface area contributed by atoms with Crippen LogP contribution in [0.1, 0.15) is 35.7 Å². The number of ether oxygens (including phenoxy) is 1. The second-order valence-corrected chi connectivity index (χ2v) is 6.47. The summed E-state index contributed by atoms with van der Waals surface area (Å²) < 4.78 is 43.0. The quantitative estimate of drug-likeness (QED) is 0.802. The molecule has 1 atom stereocenters. The van der Waals surface area contributed by atoms with E-state index in [-0.39, 0.29) is 17.7 Å². The number of hydrogen-bond donors (Lipinski definition) is 1. The summed E-state index contributed by atoms with van der Waals surface area (Å²) in [5.74, 6) is -1.20. The Labute approximate surface area is 158 Å². The number of carboxylic acid groups (broad SMARTS) is 1. The molecule has 0 aliphatic heterocycles. The van der Waals surface area contributed by atoms with E-state index >= 15 is 0 Å². The van der Waals surface area contributed by atoms with Gasteiger partial charge in [0.05, 0.1) is 5.56 Å². The van der Waals surface area contributed by atoms with Crippen molar-refractivity contribution in [2.24, 2.45) is 0 Å². The maximum Gasteiger partial charge on any atom is 0.417 e. The number of hydrogen-bond acceptors (Lipinski definition) is 4. The molecule has 1 aliphatic carbocycles. The molecular weight excluding hydrogens is 377 g/mol. The number of pyridine rings is 1. The Morgan fingerprint density at radius 1 is 1.18 bits per heavy atom. The molecule has 1 N–H and O–H groups in total. The monoisotopic (exact) mass is 394 g/mol. The Morgan fingerprint density at radius 3 is 2.29 bits per heavy atom. The molecule has 148 valence electrons. The van der Waals surface area contributed by atoms with Gasteiger partial charge >= 0.3 is 12.1 Å². The molecule has 2 aromatic rings. The third-order valence-corrected chi connectivity index (χ3v) is 4.34. The van der Waals surface area contributed by atoms with Gasteiger partial charge in [0, 0.05) is 23.9 Å². The molecule has 1 amide bonds. The molecule has 1 fully saturated rings. The molecule has 0 saturated heterocycles. The fraction of sp³-hybridized carbons (Fsp3) is 0.316. The average molecular weight is 394 g/mol. The van der Waals surface area contributed by atoms with Crippen LogP contribution in [0.2, 0.25) is 0 Å². The van der Waals surface area contributed by atoms with Crippen molar-refractivity contribution in [2.75, 3.05) is 0 Å². The SMILES string of the molecule is CC(C(=O)O)N(C(=O)c1ccc(Oc2ccc(C(F)(F)F)cn2)cc1)C1CC1. The van der Waals surface area contributed by atoms with Gasteiger partial charge < -0.3 is 14.7 Å². The van der Waals surface area contributed by atoms with Crippen LogP contribution in [0.5, 0.6) is 11.6 Å². The zero-order valence-electron chi connectivity index (χ0n) is 14.8. The zero-order valence-corrected chi connectivity index (χ0v) is 14.8. The van der Waals surface area contributed by atoms with E-state index in [1.807, 2.05) is 0 Å². The summed E-state index contributed by atoms with van der Waals surface area (Å²) >= 11 is 0. The smallest absolute Gasteiger partial charge is 0.417 e. The molecule has 1 unspecified atom stereocenters. The van der Waals surface area contributed by atoms with Gasteiger partial charge in [-0.25, -0.2) is 9.78 Å². The molecule has 1 aromatic carbocycles. The predicted molar refractivity (Wildman–Crippen MR) is 92.0 cm³/mol. The minimum atomic E-state index is -4.48. The Hall–Kier alpha value is -3.10. The second kappa shape index (κ2) is 7.49. The van der Waals surface area contributed by atoms with E-state index in [1.165, 1.54) is 36.1 Å². The summed E-state index contributed by atoms with van der Waals surface area (Å²) in [5.41, 5.74) is -0.582. The van der Waals surface area contributed by atoms with Crippen LogP contribution in [0.3, 0.4) is 0 Å². The van der Waals surface area contributed by atoms with Crippen molar-refractivity contribution in [2.45, 2.75) is 38.0 Å². The number of aliphatic carboxylic acids is 1. The van der Waals surface area contributed by atoms with E-state index in [1.54, 1.807) is 0 Å². The lowest BCUT2D eigenvalue weighted by atomic mass is 10.1. The maximum atomic E-state index is 12.7. The third-order valence-electron chi connectivity index (χ3n) is 4.34. The van der Waals surface area contributed by atoms with Crippen molar-refractivity contribution in [1.29, 1.82) is 0 Å². The Bertz CT molecular complexity index is 862. The molecule has 28 heavy (non-hydrogen) atoms. The van der Waals surface area contributed by atoms with Gasteiger partial charge in [-0.1, -0.05) is 0 Å². The highest BCUT2D eigenvalue weighted by Crippen LogP contribution is 2.32. The number of benzene rings is 1. The summed E-state index contributed by atoms with van der Waals surface area (Å²) in [6.45, 7) is 1.46. The summed E-state index contributed by atoms with van der Waals surface area (Å²) in [6.07, 6.45) is -2.27. The summed E-state index contributed by atoms with van der Waals surface area (Å²) in [7, 11) is 0. The van der Waals surface area contributed by atoms with Crippen LogP contribution in [0.25, 0.3) is 0 Å². The van der Waals surface area contributed by atoms with Crippen molar-refractivity contribution >= 4 is 11.9 Å². The number of nitrogens with zero attached hydrogens (tertiary/aromatic N) is 2. The van der Waals surface area contributed by atoms with Gasteiger partial charge in [-0.05, 0) is 50.1 Å². The zero-order chi connectivity index (χ0) is 20.5. The highest BCUT2D eigenvalue weighted by Gasteiger charge is 2.38. The lowest BCUT2D eigenvalue weighted by Crippen LogP contribution is -2.44. The second-order valence-electron chi connectivity index (χ2n) is 6.47. The molecule has 6 nitrogen and oxygen atoms in total. The fourth-order valence-electron chi connectivity index (χ4n) is 2.67. The van der Waals surface area contributed by atoms with E-state index in [0.717, 1.165) is 25.0 Å². The molecule has 1 aliphatic rings. The third kappa shape index (κ3) is 4.41.